The number of amides is 1. The first-order chi connectivity index (χ1) is 24.0. The van der Waals surface area contributed by atoms with Gasteiger partial charge in [0.2, 0.25) is 0 Å². The van der Waals surface area contributed by atoms with Gasteiger partial charge < -0.3 is 33.7 Å². The van der Waals surface area contributed by atoms with Gasteiger partial charge in [0.25, 0.3) is 0 Å². The lowest BCUT2D eigenvalue weighted by Crippen LogP contribution is -2.60. The number of methoxy groups -OCH3 is 1. The summed E-state index contributed by atoms with van der Waals surface area (Å²) in [7, 11) is 5.40. The molecular formula is C39H61N3O9. The molecule has 4 rings (SSSR count). The van der Waals surface area contributed by atoms with Gasteiger partial charge in [-0.3, -0.25) is 4.79 Å². The van der Waals surface area contributed by atoms with Crippen molar-refractivity contribution in [1.82, 2.24) is 15.3 Å². The number of likely N-dealkylation sites (N-methyl/N-ethyl adjacent to an activating group) is 1. The molecule has 51 heavy (non-hydrogen) atoms. The maximum absolute atomic E-state index is 14.5. The molecule has 286 valence electrons. The van der Waals surface area contributed by atoms with Crippen LogP contribution in [-0.2, 0) is 39.7 Å². The van der Waals surface area contributed by atoms with E-state index in [4.69, 9.17) is 23.7 Å². The summed E-state index contributed by atoms with van der Waals surface area (Å²) in [6, 6.07) is 8.90. The van der Waals surface area contributed by atoms with Gasteiger partial charge in [-0.2, -0.15) is 0 Å². The molecule has 12 atom stereocenters. The number of rotatable bonds is 9. The molecule has 2 fully saturated rings. The summed E-state index contributed by atoms with van der Waals surface area (Å²) in [5.41, 5.74) is 2.27. The van der Waals surface area contributed by atoms with Crippen molar-refractivity contribution in [3.63, 3.8) is 0 Å². The molecule has 0 radical (unpaired) electrons. The first-order valence-corrected chi connectivity index (χ1v) is 18.4. The summed E-state index contributed by atoms with van der Waals surface area (Å²) >= 11 is 0. The second-order valence-electron chi connectivity index (χ2n) is 15.5. The monoisotopic (exact) mass is 715 g/mol. The minimum absolute atomic E-state index is 0.103. The Labute approximate surface area is 304 Å². The second-order valence-corrected chi connectivity index (χ2v) is 15.5. The molecule has 2 saturated heterocycles. The highest BCUT2D eigenvalue weighted by molar-refractivity contribution is 5.88. The van der Waals surface area contributed by atoms with Crippen LogP contribution in [-0.4, -0.2) is 115 Å². The summed E-state index contributed by atoms with van der Waals surface area (Å²) in [4.78, 5) is 43.9. The molecule has 12 nitrogen and oxygen atoms in total. The third-order valence-corrected chi connectivity index (χ3v) is 11.2. The number of carbonyl (C=O) groups excluding carboxylic acids is 3. The van der Waals surface area contributed by atoms with Gasteiger partial charge in [-0.15, -0.1) is 0 Å². The number of nitrogens with zero attached hydrogens (tertiary/aromatic N) is 2. The van der Waals surface area contributed by atoms with Crippen LogP contribution in [0.2, 0.25) is 0 Å². The SMILES string of the molecule is CCC1OC(=O)/C(C)=C/[C@H](C)[C@@H](O[C@@H]2O[C@H](C)C[C@H](N(C)C)[C@H]2O)[C@](C)(OC)C[C@@H](C)C(=O)[C@H](C)[C@H]2N(NCCc3ccccc3)C(=O)O[C@]12C. The molecule has 0 bridgehead atoms. The third-order valence-electron chi connectivity index (χ3n) is 11.2. The Morgan fingerprint density at radius 3 is 2.35 bits per heavy atom. The van der Waals surface area contributed by atoms with E-state index in [1.54, 1.807) is 34.0 Å². The quantitative estimate of drug-likeness (QED) is 0.345. The summed E-state index contributed by atoms with van der Waals surface area (Å²) in [6.45, 7) is 15.1. The first-order valence-electron chi connectivity index (χ1n) is 18.4. The normalized spacial score (nSPS) is 39.5. The average molecular weight is 716 g/mol. The topological polar surface area (TPSA) is 136 Å². The van der Waals surface area contributed by atoms with Crippen molar-refractivity contribution in [1.29, 1.82) is 0 Å². The lowest BCUT2D eigenvalue weighted by Gasteiger charge is -2.46. The number of nitrogens with one attached hydrogen (secondary N) is 1. The zero-order valence-corrected chi connectivity index (χ0v) is 32.4. The first kappa shape index (κ1) is 40.9. The molecule has 12 heteroatoms. The number of carbonyl (C=O) groups is 3. The van der Waals surface area contributed by atoms with Crippen molar-refractivity contribution in [2.45, 2.75) is 135 Å². The van der Waals surface area contributed by atoms with Crippen LogP contribution in [0.5, 0.6) is 0 Å². The van der Waals surface area contributed by atoms with Crippen molar-refractivity contribution in [3.8, 4) is 0 Å². The number of hydrazine groups is 1. The van der Waals surface area contributed by atoms with Crippen LogP contribution in [0.3, 0.4) is 0 Å². The van der Waals surface area contributed by atoms with Crippen LogP contribution in [0.4, 0.5) is 4.79 Å². The Morgan fingerprint density at radius 2 is 1.75 bits per heavy atom. The molecule has 1 amide bonds. The molecule has 1 aromatic rings. The molecule has 0 aromatic heterocycles. The fourth-order valence-corrected chi connectivity index (χ4v) is 8.40. The van der Waals surface area contributed by atoms with Gasteiger partial charge in [0.15, 0.2) is 11.9 Å². The van der Waals surface area contributed by atoms with Gasteiger partial charge in [-0.1, -0.05) is 64.1 Å². The van der Waals surface area contributed by atoms with Crippen molar-refractivity contribution in [3.05, 3.63) is 47.5 Å². The van der Waals surface area contributed by atoms with Crippen LogP contribution in [0.25, 0.3) is 0 Å². The predicted molar refractivity (Wildman–Crippen MR) is 192 cm³/mol. The van der Waals surface area contributed by atoms with E-state index in [0.29, 0.717) is 31.4 Å². The summed E-state index contributed by atoms with van der Waals surface area (Å²) < 4.78 is 31.3. The molecule has 0 aliphatic carbocycles. The van der Waals surface area contributed by atoms with Crippen LogP contribution in [0.1, 0.15) is 80.2 Å². The van der Waals surface area contributed by atoms with E-state index in [1.807, 2.05) is 83.9 Å². The van der Waals surface area contributed by atoms with E-state index in [-0.39, 0.29) is 24.3 Å². The second kappa shape index (κ2) is 16.9. The number of aliphatic hydroxyl groups is 1. The van der Waals surface area contributed by atoms with Gasteiger partial charge in [-0.05, 0) is 73.0 Å². The average Bonchev–Trinajstić information content (AvgIpc) is 3.35. The summed E-state index contributed by atoms with van der Waals surface area (Å²) in [6.07, 6.45) is -0.677. The largest absolute Gasteiger partial charge is 0.455 e. The molecule has 1 aromatic carbocycles. The van der Waals surface area contributed by atoms with E-state index in [0.717, 1.165) is 5.56 Å². The zero-order valence-electron chi connectivity index (χ0n) is 32.4. The maximum atomic E-state index is 14.5. The van der Waals surface area contributed by atoms with Crippen molar-refractivity contribution < 1.29 is 43.2 Å². The maximum Gasteiger partial charge on any atom is 0.425 e. The highest BCUT2D eigenvalue weighted by Gasteiger charge is 2.60. The van der Waals surface area contributed by atoms with E-state index in [1.165, 1.54) is 5.01 Å². The van der Waals surface area contributed by atoms with Crippen LogP contribution in [0.15, 0.2) is 42.0 Å². The Hall–Kier alpha value is -2.87. The Morgan fingerprint density at radius 1 is 1.08 bits per heavy atom. The number of benzene rings is 1. The summed E-state index contributed by atoms with van der Waals surface area (Å²) in [5, 5.41) is 12.8. The Balaban J connectivity index is 1.73. The number of esters is 1. The molecule has 0 spiro atoms. The molecule has 3 heterocycles. The molecule has 0 saturated carbocycles. The van der Waals surface area contributed by atoms with Crippen LogP contribution >= 0.6 is 0 Å². The number of ketones is 1. The highest BCUT2D eigenvalue weighted by Crippen LogP contribution is 2.42. The molecule has 3 aliphatic rings. The number of Topliss-reactive ketones (excluding diaryl/α,β-unsaturated/α-hetero) is 1. The number of ether oxygens (including phenoxy) is 5. The molecule has 3 aliphatic heterocycles. The molecule has 2 N–H and O–H groups in total. The Bertz CT molecular complexity index is 1390. The minimum Gasteiger partial charge on any atom is -0.455 e. The van der Waals surface area contributed by atoms with Gasteiger partial charge >= 0.3 is 12.1 Å². The van der Waals surface area contributed by atoms with Crippen molar-refractivity contribution in [2.75, 3.05) is 27.7 Å². The highest BCUT2D eigenvalue weighted by atomic mass is 16.7. The summed E-state index contributed by atoms with van der Waals surface area (Å²) in [5.74, 6) is -2.38. The van der Waals surface area contributed by atoms with Crippen LogP contribution in [0, 0.1) is 17.8 Å². The Kier molecular flexibility index (Phi) is 13.5. The van der Waals surface area contributed by atoms with Gasteiger partial charge in [0, 0.05) is 43.0 Å². The lowest BCUT2D eigenvalue weighted by molar-refractivity contribution is -0.294. The fraction of sp³-hybridized carbons (Fsp3) is 0.718. The van der Waals surface area contributed by atoms with E-state index < -0.39 is 71.7 Å². The van der Waals surface area contributed by atoms with Gasteiger partial charge in [0.05, 0.1) is 17.8 Å². The van der Waals surface area contributed by atoms with Crippen molar-refractivity contribution >= 4 is 17.8 Å². The van der Waals surface area contributed by atoms with E-state index in [9.17, 15) is 19.5 Å². The van der Waals surface area contributed by atoms with Gasteiger partial charge in [0.1, 0.15) is 24.0 Å². The number of aliphatic hydroxyl groups excluding tert-OH is 1. The number of cyclic esters (lactones) is 1. The van der Waals surface area contributed by atoms with Gasteiger partial charge in [-0.25, -0.2) is 20.0 Å². The van der Waals surface area contributed by atoms with Crippen LogP contribution < -0.4 is 5.43 Å². The van der Waals surface area contributed by atoms with E-state index >= 15 is 0 Å². The number of fused-ring (bicyclic) bond motifs is 1. The minimum atomic E-state index is -1.34. The molecular weight excluding hydrogens is 654 g/mol. The number of hydrogen-bond acceptors (Lipinski definition) is 11. The molecule has 1 unspecified atom stereocenters. The standard InChI is InChI=1S/C39H61N3O9/c1-12-30-39(8)33(42(37(46)51-39)40-19-18-28-16-14-13-15-17-28)27(6)31(43)25(4)22-38(7,47-11)34(23(2)20-24(3)35(45)49-30)50-36-32(44)29(41(9)10)21-26(5)48-36/h13-17,20,23,25-27,29-30,32-34,36,40,44H,12,18-19,21-22H2,1-11H3/b24-20+/t23-,25+,26+,27-,29-,30?,32+,33+,34+,36-,38+,39+/m0/s1. The lowest BCUT2D eigenvalue weighted by atomic mass is 9.74. The van der Waals surface area contributed by atoms with Crippen molar-refractivity contribution in [2.24, 2.45) is 17.8 Å². The van der Waals surface area contributed by atoms with E-state index in [2.05, 4.69) is 5.43 Å². The zero-order chi connectivity index (χ0) is 37.8. The predicted octanol–water partition coefficient (Wildman–Crippen LogP) is 4.68. The number of hydrogen-bond donors (Lipinski definition) is 2. The third kappa shape index (κ3) is 8.85. The smallest absolute Gasteiger partial charge is 0.425 e. The fourth-order valence-electron chi connectivity index (χ4n) is 8.40.